The van der Waals surface area contributed by atoms with Crippen LogP contribution < -0.4 is 11.1 Å². The summed E-state index contributed by atoms with van der Waals surface area (Å²) in [7, 11) is 0. The molecule has 6 nitrogen and oxygen atoms in total. The van der Waals surface area contributed by atoms with Crippen LogP contribution in [0.1, 0.15) is 34.7 Å². The van der Waals surface area contributed by atoms with Crippen LogP contribution in [-0.4, -0.2) is 19.5 Å². The zero-order valence-corrected chi connectivity index (χ0v) is 20.3. The average molecular weight is 493 g/mol. The Kier molecular flexibility index (Phi) is 5.20. The largest absolute Gasteiger partial charge is 0.309 e. The summed E-state index contributed by atoms with van der Waals surface area (Å²) in [6.45, 7) is 2.03. The van der Waals surface area contributed by atoms with E-state index in [-0.39, 0.29) is 11.1 Å². The lowest BCUT2D eigenvalue weighted by molar-refractivity contribution is 0.699. The summed E-state index contributed by atoms with van der Waals surface area (Å²) in [5.74, 6) is 0.988. The first-order valence-corrected chi connectivity index (χ1v) is 13.5. The third-order valence-electron chi connectivity index (χ3n) is 5.95. The fourth-order valence-electron chi connectivity index (χ4n) is 4.33. The van der Waals surface area contributed by atoms with Gasteiger partial charge < -0.3 is 4.98 Å². The van der Waals surface area contributed by atoms with Gasteiger partial charge in [-0.25, -0.2) is 9.97 Å². The number of aromatic nitrogens is 4. The normalized spacial score (nSPS) is 13.6. The highest BCUT2D eigenvalue weighted by Crippen LogP contribution is 2.35. The van der Waals surface area contributed by atoms with Gasteiger partial charge in [0.2, 0.25) is 0 Å². The van der Waals surface area contributed by atoms with Crippen LogP contribution in [0.15, 0.2) is 50.5 Å². The zero-order valence-electron chi connectivity index (χ0n) is 17.9. The molecule has 5 aromatic rings. The van der Waals surface area contributed by atoms with Crippen LogP contribution in [-0.2, 0) is 18.6 Å². The van der Waals surface area contributed by atoms with Gasteiger partial charge in [0.15, 0.2) is 5.16 Å². The zero-order chi connectivity index (χ0) is 22.5. The van der Waals surface area contributed by atoms with Crippen molar-refractivity contribution in [1.82, 2.24) is 19.5 Å². The monoisotopic (exact) mass is 492 g/mol. The number of benzene rings is 1. The van der Waals surface area contributed by atoms with Gasteiger partial charge in [-0.15, -0.1) is 22.7 Å². The topological polar surface area (TPSA) is 80.6 Å². The van der Waals surface area contributed by atoms with Gasteiger partial charge in [-0.05, 0) is 61.7 Å². The molecule has 0 unspecified atom stereocenters. The van der Waals surface area contributed by atoms with E-state index < -0.39 is 0 Å². The third-order valence-corrected chi connectivity index (χ3v) is 8.99. The maximum absolute atomic E-state index is 13.8. The predicted molar refractivity (Wildman–Crippen MR) is 136 cm³/mol. The highest BCUT2D eigenvalue weighted by molar-refractivity contribution is 7.98. The number of aromatic amines is 1. The SMILES string of the molecule is Cc1ccc(-n2c(SCc3nc4ccsc4c(=O)[nH]3)nc3sc4c(c3c2=O)CCCC4)cc1. The van der Waals surface area contributed by atoms with E-state index in [0.29, 0.717) is 27.0 Å². The van der Waals surface area contributed by atoms with Gasteiger partial charge in [0, 0.05) is 4.88 Å². The molecule has 0 bridgehead atoms. The van der Waals surface area contributed by atoms with Gasteiger partial charge in [-0.1, -0.05) is 29.5 Å². The Morgan fingerprint density at radius 1 is 1.09 bits per heavy atom. The Hall–Kier alpha value is -2.75. The molecule has 9 heteroatoms. The molecule has 1 N–H and O–H groups in total. The minimum atomic E-state index is -0.129. The van der Waals surface area contributed by atoms with Gasteiger partial charge in [-0.2, -0.15) is 0 Å². The number of aryl methyl sites for hydroxylation is 3. The van der Waals surface area contributed by atoms with Crippen LogP contribution in [0.25, 0.3) is 26.1 Å². The molecule has 0 atom stereocenters. The van der Waals surface area contributed by atoms with E-state index in [2.05, 4.69) is 9.97 Å². The lowest BCUT2D eigenvalue weighted by Crippen LogP contribution is -2.22. The molecule has 0 amide bonds. The fraction of sp³-hybridized carbons (Fsp3) is 0.250. The van der Waals surface area contributed by atoms with Crippen LogP contribution >= 0.6 is 34.4 Å². The van der Waals surface area contributed by atoms with E-state index in [4.69, 9.17) is 4.98 Å². The van der Waals surface area contributed by atoms with E-state index >= 15 is 0 Å². The van der Waals surface area contributed by atoms with Crippen molar-refractivity contribution in [3.05, 3.63) is 78.2 Å². The smallest absolute Gasteiger partial charge is 0.268 e. The first-order valence-electron chi connectivity index (χ1n) is 10.8. The van der Waals surface area contributed by atoms with Crippen molar-refractivity contribution >= 4 is 54.9 Å². The number of rotatable bonds is 4. The van der Waals surface area contributed by atoms with Crippen molar-refractivity contribution in [1.29, 1.82) is 0 Å². The second-order valence-corrected chi connectivity index (χ2v) is 11.1. The Morgan fingerprint density at radius 2 is 1.91 bits per heavy atom. The Labute approximate surface area is 201 Å². The molecule has 0 radical (unpaired) electrons. The molecule has 0 fully saturated rings. The molecule has 33 heavy (non-hydrogen) atoms. The van der Waals surface area contributed by atoms with Gasteiger partial charge in [0.05, 0.1) is 22.3 Å². The number of thioether (sulfide) groups is 1. The molecule has 166 valence electrons. The van der Waals surface area contributed by atoms with Crippen LogP contribution in [0.4, 0.5) is 0 Å². The van der Waals surface area contributed by atoms with Gasteiger partial charge in [0.1, 0.15) is 15.4 Å². The number of H-pyrrole nitrogens is 1. The summed E-state index contributed by atoms with van der Waals surface area (Å²) in [5.41, 5.74) is 3.67. The number of nitrogens with one attached hydrogen (secondary N) is 1. The molecule has 4 heterocycles. The summed E-state index contributed by atoms with van der Waals surface area (Å²) in [6, 6.07) is 9.79. The molecule has 4 aromatic heterocycles. The summed E-state index contributed by atoms with van der Waals surface area (Å²) < 4.78 is 2.35. The van der Waals surface area contributed by atoms with Crippen molar-refractivity contribution in [3.63, 3.8) is 0 Å². The number of hydrogen-bond donors (Lipinski definition) is 1. The molecular formula is C24H20N4O2S3. The highest BCUT2D eigenvalue weighted by atomic mass is 32.2. The van der Waals surface area contributed by atoms with E-state index in [1.165, 1.54) is 33.5 Å². The second kappa shape index (κ2) is 8.23. The van der Waals surface area contributed by atoms with Crippen molar-refractivity contribution < 1.29 is 0 Å². The Morgan fingerprint density at radius 3 is 2.76 bits per heavy atom. The number of nitrogens with zero attached hydrogens (tertiary/aromatic N) is 3. The Bertz CT molecular complexity index is 1630. The first kappa shape index (κ1) is 20.8. The molecule has 1 aliphatic rings. The van der Waals surface area contributed by atoms with E-state index in [0.717, 1.165) is 47.2 Å². The van der Waals surface area contributed by atoms with E-state index in [1.54, 1.807) is 15.9 Å². The first-order chi connectivity index (χ1) is 16.1. The average Bonchev–Trinajstić information content (AvgIpc) is 3.43. The fourth-order valence-corrected chi connectivity index (χ4v) is 7.24. The number of fused-ring (bicyclic) bond motifs is 4. The molecule has 0 saturated heterocycles. The summed E-state index contributed by atoms with van der Waals surface area (Å²) >= 11 is 4.46. The predicted octanol–water partition coefficient (Wildman–Crippen LogP) is 5.22. The molecule has 0 spiro atoms. The van der Waals surface area contributed by atoms with Crippen molar-refractivity contribution in [2.24, 2.45) is 0 Å². The van der Waals surface area contributed by atoms with Crippen molar-refractivity contribution in [2.75, 3.05) is 0 Å². The van der Waals surface area contributed by atoms with Crippen molar-refractivity contribution in [2.45, 2.75) is 43.5 Å². The molecule has 0 saturated carbocycles. The van der Waals surface area contributed by atoms with E-state index in [1.807, 2.05) is 42.6 Å². The maximum atomic E-state index is 13.8. The number of thiophene rings is 2. The standard InChI is InChI=1S/C24H20N4O2S3/c1-13-6-8-14(9-7-13)28-23(30)19-15-4-2-3-5-17(15)33-22(19)27-24(28)32-12-18-25-16-10-11-31-20(16)21(29)26-18/h6-11H,2-5,12H2,1H3,(H,25,26,29). The quantitative estimate of drug-likeness (QED) is 0.275. The van der Waals surface area contributed by atoms with Gasteiger partial charge in [0.25, 0.3) is 11.1 Å². The summed E-state index contributed by atoms with van der Waals surface area (Å²) in [4.78, 5) is 40.7. The van der Waals surface area contributed by atoms with Crippen LogP contribution in [0.2, 0.25) is 0 Å². The van der Waals surface area contributed by atoms with Crippen LogP contribution in [0, 0.1) is 6.92 Å². The molecule has 1 aromatic carbocycles. The lowest BCUT2D eigenvalue weighted by Gasteiger charge is -2.14. The highest BCUT2D eigenvalue weighted by Gasteiger charge is 2.23. The van der Waals surface area contributed by atoms with Gasteiger partial charge >= 0.3 is 0 Å². The maximum Gasteiger partial charge on any atom is 0.268 e. The number of hydrogen-bond acceptors (Lipinski definition) is 7. The minimum Gasteiger partial charge on any atom is -0.309 e. The molecule has 6 rings (SSSR count). The molecular weight excluding hydrogens is 472 g/mol. The Balaban J connectivity index is 1.49. The lowest BCUT2D eigenvalue weighted by atomic mass is 9.97. The summed E-state index contributed by atoms with van der Waals surface area (Å²) in [5, 5.41) is 3.25. The second-order valence-electron chi connectivity index (χ2n) is 8.20. The summed E-state index contributed by atoms with van der Waals surface area (Å²) in [6.07, 6.45) is 4.24. The molecule has 0 aliphatic heterocycles. The van der Waals surface area contributed by atoms with Gasteiger partial charge in [-0.3, -0.25) is 14.2 Å². The molecule has 1 aliphatic carbocycles. The minimum absolute atomic E-state index is 0.0134. The van der Waals surface area contributed by atoms with Crippen molar-refractivity contribution in [3.8, 4) is 5.69 Å². The van der Waals surface area contributed by atoms with E-state index in [9.17, 15) is 9.59 Å². The third kappa shape index (κ3) is 3.64. The van der Waals surface area contributed by atoms with Crippen LogP contribution in [0.3, 0.4) is 0 Å². The van der Waals surface area contributed by atoms with Crippen LogP contribution in [0.5, 0.6) is 0 Å².